The molecule has 1 aromatic carbocycles. The molecule has 1 N–H and O–H groups in total. The van der Waals surface area contributed by atoms with Crippen molar-refractivity contribution in [1.29, 1.82) is 0 Å². The van der Waals surface area contributed by atoms with Crippen molar-refractivity contribution in [2.24, 2.45) is 0 Å². The first-order chi connectivity index (χ1) is 6.54. The highest BCUT2D eigenvalue weighted by molar-refractivity contribution is 5.78. The van der Waals surface area contributed by atoms with Crippen molar-refractivity contribution in [3.8, 4) is 11.5 Å². The predicted molar refractivity (Wildman–Crippen MR) is 52.0 cm³/mol. The fourth-order valence-corrected chi connectivity index (χ4v) is 1.69. The van der Waals surface area contributed by atoms with E-state index in [-0.39, 0.29) is 11.2 Å². The number of hydrogen-bond donors (Lipinski definition) is 1. The van der Waals surface area contributed by atoms with Crippen molar-refractivity contribution >= 4 is 6.29 Å². The molecular weight excluding hydrogens is 180 g/mol. The second-order valence-corrected chi connectivity index (χ2v) is 4.21. The van der Waals surface area contributed by atoms with Crippen molar-refractivity contribution in [2.75, 3.05) is 6.61 Å². The van der Waals surface area contributed by atoms with Crippen LogP contribution in [0, 0.1) is 0 Å². The van der Waals surface area contributed by atoms with Gasteiger partial charge in [-0.1, -0.05) is 13.8 Å². The molecule has 0 aromatic heterocycles. The van der Waals surface area contributed by atoms with Crippen LogP contribution < -0.4 is 4.74 Å². The zero-order valence-electron chi connectivity index (χ0n) is 8.20. The molecule has 1 aliphatic rings. The number of aromatic hydroxyl groups is 1. The van der Waals surface area contributed by atoms with E-state index in [0.29, 0.717) is 17.9 Å². The van der Waals surface area contributed by atoms with Crippen LogP contribution in [0.25, 0.3) is 0 Å². The quantitative estimate of drug-likeness (QED) is 0.691. The molecule has 0 bridgehead atoms. The molecule has 3 nitrogen and oxygen atoms in total. The third-order valence-corrected chi connectivity index (χ3v) is 2.53. The van der Waals surface area contributed by atoms with Crippen LogP contribution in [0.2, 0.25) is 0 Å². The number of phenolic OH excluding ortho intramolecular Hbond substituents is 1. The Labute approximate surface area is 82.3 Å². The normalized spacial score (nSPS) is 17.3. The van der Waals surface area contributed by atoms with Gasteiger partial charge in [0, 0.05) is 16.5 Å². The molecule has 74 valence electrons. The topological polar surface area (TPSA) is 46.5 Å². The molecule has 0 amide bonds. The largest absolute Gasteiger partial charge is 0.504 e. The number of aldehydes is 1. The highest BCUT2D eigenvalue weighted by Crippen LogP contribution is 2.44. The standard InChI is InChI=1S/C11H12O3/c1-11(2)6-14-10-8(11)3-7(5-12)4-9(10)13/h3-5,13H,6H2,1-2H3. The molecule has 0 fully saturated rings. The van der Waals surface area contributed by atoms with Crippen LogP contribution in [0.1, 0.15) is 29.8 Å². The number of ether oxygens (including phenoxy) is 1. The molecule has 0 spiro atoms. The van der Waals surface area contributed by atoms with Crippen molar-refractivity contribution in [1.82, 2.24) is 0 Å². The Hall–Kier alpha value is -1.51. The van der Waals surface area contributed by atoms with E-state index >= 15 is 0 Å². The molecule has 1 heterocycles. The van der Waals surface area contributed by atoms with E-state index in [2.05, 4.69) is 0 Å². The molecule has 1 aliphatic heterocycles. The second kappa shape index (κ2) is 2.74. The summed E-state index contributed by atoms with van der Waals surface area (Å²) in [5, 5.41) is 9.59. The van der Waals surface area contributed by atoms with Gasteiger partial charge in [0.05, 0.1) is 6.61 Å². The summed E-state index contributed by atoms with van der Waals surface area (Å²) in [5.41, 5.74) is 1.26. The zero-order valence-corrected chi connectivity index (χ0v) is 8.20. The van der Waals surface area contributed by atoms with Gasteiger partial charge < -0.3 is 9.84 Å². The van der Waals surface area contributed by atoms with Gasteiger partial charge in [-0.25, -0.2) is 0 Å². The fraction of sp³-hybridized carbons (Fsp3) is 0.364. The maximum Gasteiger partial charge on any atom is 0.164 e. The highest BCUT2D eigenvalue weighted by atomic mass is 16.5. The number of carbonyl (C=O) groups is 1. The minimum absolute atomic E-state index is 0.0511. The Morgan fingerprint density at radius 1 is 1.50 bits per heavy atom. The van der Waals surface area contributed by atoms with Gasteiger partial charge in [0.25, 0.3) is 0 Å². The molecule has 0 radical (unpaired) electrons. The molecule has 0 saturated carbocycles. The van der Waals surface area contributed by atoms with Crippen LogP contribution in [0.3, 0.4) is 0 Å². The van der Waals surface area contributed by atoms with Crippen LogP contribution in [-0.4, -0.2) is 18.0 Å². The van der Waals surface area contributed by atoms with Crippen LogP contribution in [-0.2, 0) is 5.41 Å². The van der Waals surface area contributed by atoms with Gasteiger partial charge in [0.2, 0.25) is 0 Å². The Morgan fingerprint density at radius 2 is 2.21 bits per heavy atom. The van der Waals surface area contributed by atoms with Crippen LogP contribution >= 0.6 is 0 Å². The van der Waals surface area contributed by atoms with Crippen LogP contribution in [0.15, 0.2) is 12.1 Å². The minimum Gasteiger partial charge on any atom is -0.504 e. The van der Waals surface area contributed by atoms with Crippen LogP contribution in [0.4, 0.5) is 0 Å². The lowest BCUT2D eigenvalue weighted by Gasteiger charge is -2.15. The number of rotatable bonds is 1. The monoisotopic (exact) mass is 192 g/mol. The van der Waals surface area contributed by atoms with E-state index < -0.39 is 0 Å². The average Bonchev–Trinajstić information content (AvgIpc) is 2.43. The van der Waals surface area contributed by atoms with Crippen molar-refractivity contribution in [2.45, 2.75) is 19.3 Å². The molecule has 1 aromatic rings. The summed E-state index contributed by atoms with van der Waals surface area (Å²) in [6.45, 7) is 4.58. The van der Waals surface area contributed by atoms with E-state index in [1.807, 2.05) is 13.8 Å². The smallest absolute Gasteiger partial charge is 0.164 e. The Kier molecular flexibility index (Phi) is 1.77. The first kappa shape index (κ1) is 9.06. The summed E-state index contributed by atoms with van der Waals surface area (Å²) in [7, 11) is 0. The Morgan fingerprint density at radius 3 is 2.86 bits per heavy atom. The fourth-order valence-electron chi connectivity index (χ4n) is 1.69. The van der Waals surface area contributed by atoms with E-state index in [9.17, 15) is 9.90 Å². The molecule has 0 saturated heterocycles. The molecular formula is C11H12O3. The zero-order chi connectivity index (χ0) is 10.3. The van der Waals surface area contributed by atoms with Crippen LogP contribution in [0.5, 0.6) is 11.5 Å². The molecule has 3 heteroatoms. The summed E-state index contributed by atoms with van der Waals surface area (Å²) in [4.78, 5) is 10.6. The third-order valence-electron chi connectivity index (χ3n) is 2.53. The number of hydrogen-bond acceptors (Lipinski definition) is 3. The number of phenols is 1. The Bertz CT molecular complexity index is 394. The second-order valence-electron chi connectivity index (χ2n) is 4.21. The van der Waals surface area contributed by atoms with Gasteiger partial charge in [-0.15, -0.1) is 0 Å². The molecule has 0 atom stereocenters. The van der Waals surface area contributed by atoms with Gasteiger partial charge in [-0.2, -0.15) is 0 Å². The van der Waals surface area contributed by atoms with E-state index in [0.717, 1.165) is 11.8 Å². The number of fused-ring (bicyclic) bond motifs is 1. The molecule has 0 unspecified atom stereocenters. The SMILES string of the molecule is CC1(C)COc2c(O)cc(C=O)cc21. The predicted octanol–water partition coefficient (Wildman–Crippen LogP) is 1.87. The van der Waals surface area contributed by atoms with E-state index in [1.54, 1.807) is 6.07 Å². The molecule has 2 rings (SSSR count). The van der Waals surface area contributed by atoms with Crippen molar-refractivity contribution in [3.05, 3.63) is 23.3 Å². The molecule has 14 heavy (non-hydrogen) atoms. The minimum atomic E-state index is -0.133. The lowest BCUT2D eigenvalue weighted by molar-refractivity contribution is 0.112. The van der Waals surface area contributed by atoms with Gasteiger partial charge in [0.15, 0.2) is 11.5 Å². The molecule has 0 aliphatic carbocycles. The van der Waals surface area contributed by atoms with Crippen molar-refractivity contribution in [3.63, 3.8) is 0 Å². The third kappa shape index (κ3) is 1.16. The lowest BCUT2D eigenvalue weighted by atomic mass is 9.86. The van der Waals surface area contributed by atoms with E-state index in [1.165, 1.54) is 6.07 Å². The number of carbonyl (C=O) groups excluding carboxylic acids is 1. The highest BCUT2D eigenvalue weighted by Gasteiger charge is 2.34. The summed E-state index contributed by atoms with van der Waals surface area (Å²) in [6, 6.07) is 3.20. The Balaban J connectivity index is 2.65. The first-order valence-corrected chi connectivity index (χ1v) is 4.50. The summed E-state index contributed by atoms with van der Waals surface area (Å²) in [5.74, 6) is 0.566. The first-order valence-electron chi connectivity index (χ1n) is 4.50. The maximum absolute atomic E-state index is 10.6. The summed E-state index contributed by atoms with van der Waals surface area (Å²) < 4.78 is 5.38. The lowest BCUT2D eigenvalue weighted by Crippen LogP contribution is -2.18. The van der Waals surface area contributed by atoms with Crippen molar-refractivity contribution < 1.29 is 14.6 Å². The number of benzene rings is 1. The van der Waals surface area contributed by atoms with Gasteiger partial charge in [-0.3, -0.25) is 4.79 Å². The maximum atomic E-state index is 10.6. The van der Waals surface area contributed by atoms with Gasteiger partial charge >= 0.3 is 0 Å². The van der Waals surface area contributed by atoms with Gasteiger partial charge in [0.1, 0.15) is 6.29 Å². The average molecular weight is 192 g/mol. The summed E-state index contributed by atoms with van der Waals surface area (Å²) >= 11 is 0. The van der Waals surface area contributed by atoms with E-state index in [4.69, 9.17) is 4.74 Å². The summed E-state index contributed by atoms with van der Waals surface area (Å²) in [6.07, 6.45) is 0.731. The van der Waals surface area contributed by atoms with Gasteiger partial charge in [-0.05, 0) is 12.1 Å².